The Balaban J connectivity index is 1.37. The highest BCUT2D eigenvalue weighted by molar-refractivity contribution is 5.67. The smallest absolute Gasteiger partial charge is 0.407 e. The van der Waals surface area contributed by atoms with Crippen molar-refractivity contribution >= 4 is 6.09 Å². The van der Waals surface area contributed by atoms with Crippen LogP contribution in [0.3, 0.4) is 0 Å². The first-order valence-electron chi connectivity index (χ1n) is 15.7. The zero-order valence-corrected chi connectivity index (χ0v) is 24.8. The normalized spacial score (nSPS) is 43.5. The Morgan fingerprint density at radius 2 is 1.59 bits per heavy atom. The number of aliphatic hydroxyl groups excluding tert-OH is 2. The number of carbonyl (C=O) groups is 1. The van der Waals surface area contributed by atoms with Gasteiger partial charge in [-0.3, -0.25) is 0 Å². The molecule has 0 radical (unpaired) electrons. The van der Waals surface area contributed by atoms with Gasteiger partial charge < -0.3 is 20.3 Å². The number of alkyl carbamates (subject to hydrolysis) is 1. The summed E-state index contributed by atoms with van der Waals surface area (Å²) in [5, 5.41) is 25.4. The van der Waals surface area contributed by atoms with Crippen LogP contribution in [0.25, 0.3) is 0 Å². The molecule has 10 atom stereocenters. The Morgan fingerprint density at radius 1 is 0.946 bits per heavy atom. The van der Waals surface area contributed by atoms with Gasteiger partial charge in [0.25, 0.3) is 0 Å². The number of hydrogen-bond donors (Lipinski definition) is 3. The minimum absolute atomic E-state index is 0.139. The van der Waals surface area contributed by atoms with Gasteiger partial charge in [0.15, 0.2) is 0 Å². The summed E-state index contributed by atoms with van der Waals surface area (Å²) in [4.78, 5) is 12.4. The molecular formula is C32H57NO4. The lowest BCUT2D eigenvalue weighted by atomic mass is 9.41. The highest BCUT2D eigenvalue weighted by Gasteiger charge is 2.64. The molecule has 4 aliphatic rings. The molecule has 0 aromatic carbocycles. The van der Waals surface area contributed by atoms with Crippen molar-refractivity contribution in [2.45, 2.75) is 131 Å². The van der Waals surface area contributed by atoms with E-state index in [1.54, 1.807) is 0 Å². The molecule has 37 heavy (non-hydrogen) atoms. The summed E-state index contributed by atoms with van der Waals surface area (Å²) in [7, 11) is 0. The average molecular weight is 520 g/mol. The maximum absolute atomic E-state index is 12.4. The minimum Gasteiger partial charge on any atom is -0.450 e. The molecule has 0 unspecified atom stereocenters. The van der Waals surface area contributed by atoms with E-state index in [4.69, 9.17) is 4.74 Å². The van der Waals surface area contributed by atoms with Crippen LogP contribution in [0.15, 0.2) is 0 Å². The van der Waals surface area contributed by atoms with Crippen LogP contribution >= 0.6 is 0 Å². The molecule has 0 aromatic rings. The molecular weight excluding hydrogens is 462 g/mol. The maximum Gasteiger partial charge on any atom is 0.407 e. The predicted molar refractivity (Wildman–Crippen MR) is 149 cm³/mol. The summed E-state index contributed by atoms with van der Waals surface area (Å²) >= 11 is 0. The number of amides is 1. The standard InChI is InChI=1S/C32H57NO4/c1-8-23-26-18-22(34)13-15-32(26,7)25-14-16-31(6)21(11-12-24(31)27(25)29(23)35)10-9-17-37-30(36)33-28(19(2)3)20(4)5/h19-29,34-35H,8-18H2,1-7H3,(H,33,36)/t21-,22+,23+,24-,25-,26-,27-,29+,31+,32+/m0/s1. The van der Waals surface area contributed by atoms with E-state index in [9.17, 15) is 15.0 Å². The summed E-state index contributed by atoms with van der Waals surface area (Å²) in [6, 6.07) is 0.139. The summed E-state index contributed by atoms with van der Waals surface area (Å²) < 4.78 is 5.60. The predicted octanol–water partition coefficient (Wildman–Crippen LogP) is 6.80. The summed E-state index contributed by atoms with van der Waals surface area (Å²) in [6.45, 7) is 16.3. The van der Waals surface area contributed by atoms with E-state index in [2.05, 4.69) is 53.8 Å². The molecule has 0 saturated heterocycles. The number of ether oxygens (including phenoxy) is 1. The Bertz CT molecular complexity index is 777. The van der Waals surface area contributed by atoms with Gasteiger partial charge in [-0.15, -0.1) is 0 Å². The van der Waals surface area contributed by atoms with Gasteiger partial charge in [0.1, 0.15) is 0 Å². The lowest BCUT2D eigenvalue weighted by Crippen LogP contribution is -2.62. The van der Waals surface area contributed by atoms with Crippen LogP contribution in [-0.2, 0) is 4.74 Å². The van der Waals surface area contributed by atoms with Gasteiger partial charge in [-0.25, -0.2) is 4.79 Å². The molecule has 3 N–H and O–H groups in total. The fourth-order valence-corrected chi connectivity index (χ4v) is 10.3. The van der Waals surface area contributed by atoms with Gasteiger partial charge in [0, 0.05) is 6.04 Å². The maximum atomic E-state index is 12.4. The highest BCUT2D eigenvalue weighted by atomic mass is 16.5. The summed E-state index contributed by atoms with van der Waals surface area (Å²) in [5.41, 5.74) is 0.536. The van der Waals surface area contributed by atoms with Crippen LogP contribution in [0.5, 0.6) is 0 Å². The van der Waals surface area contributed by atoms with Crippen LogP contribution < -0.4 is 5.32 Å². The largest absolute Gasteiger partial charge is 0.450 e. The van der Waals surface area contributed by atoms with Crippen molar-refractivity contribution in [1.29, 1.82) is 0 Å². The Hall–Kier alpha value is -0.810. The molecule has 4 saturated carbocycles. The number of rotatable bonds is 8. The van der Waals surface area contributed by atoms with E-state index in [0.29, 0.717) is 54.0 Å². The molecule has 1 amide bonds. The van der Waals surface area contributed by atoms with Gasteiger partial charge in [0.05, 0.1) is 18.8 Å². The van der Waals surface area contributed by atoms with Crippen LogP contribution in [-0.4, -0.2) is 41.2 Å². The van der Waals surface area contributed by atoms with Crippen molar-refractivity contribution in [2.75, 3.05) is 6.61 Å². The van der Waals surface area contributed by atoms with Crippen LogP contribution in [0.2, 0.25) is 0 Å². The number of hydrogen-bond acceptors (Lipinski definition) is 4. The second-order valence-corrected chi connectivity index (χ2v) is 14.6. The molecule has 0 bridgehead atoms. The van der Waals surface area contributed by atoms with Crippen molar-refractivity contribution in [1.82, 2.24) is 5.32 Å². The zero-order chi connectivity index (χ0) is 27.1. The Kier molecular flexibility index (Phi) is 8.95. The lowest BCUT2D eigenvalue weighted by molar-refractivity contribution is -0.202. The second-order valence-electron chi connectivity index (χ2n) is 14.6. The van der Waals surface area contributed by atoms with Crippen molar-refractivity contribution in [3.05, 3.63) is 0 Å². The van der Waals surface area contributed by atoms with Crippen molar-refractivity contribution in [3.8, 4) is 0 Å². The fraction of sp³-hybridized carbons (Fsp3) is 0.969. The van der Waals surface area contributed by atoms with E-state index in [1.807, 2.05) is 0 Å². The van der Waals surface area contributed by atoms with Crippen LogP contribution in [0, 0.1) is 58.2 Å². The third kappa shape index (κ3) is 5.34. The SMILES string of the molecule is CC[C@H]1[C@@H](O)[C@@H]2[C@H](CC[C@]3(C)[C@@H](CCCOC(=O)NC(C(C)C)C(C)C)CC[C@@H]23)[C@@]2(C)CC[C@@H](O)C[C@@H]12. The highest BCUT2D eigenvalue weighted by Crippen LogP contribution is 2.69. The second kappa shape index (κ2) is 11.4. The minimum atomic E-state index is -0.278. The molecule has 5 heteroatoms. The Labute approximate surface area is 226 Å². The third-order valence-corrected chi connectivity index (χ3v) is 12.2. The fourth-order valence-electron chi connectivity index (χ4n) is 10.3. The molecule has 0 heterocycles. The average Bonchev–Trinajstić information content (AvgIpc) is 3.17. The molecule has 0 aromatic heterocycles. The number of nitrogens with one attached hydrogen (secondary N) is 1. The number of carbonyl (C=O) groups excluding carboxylic acids is 1. The zero-order valence-electron chi connectivity index (χ0n) is 24.8. The molecule has 4 aliphatic carbocycles. The summed E-state index contributed by atoms with van der Waals surface area (Å²) in [6.07, 6.45) is 10.2. The Morgan fingerprint density at radius 3 is 2.24 bits per heavy atom. The first-order chi connectivity index (χ1) is 17.4. The van der Waals surface area contributed by atoms with Crippen molar-refractivity contribution < 1.29 is 19.7 Å². The topological polar surface area (TPSA) is 78.8 Å². The van der Waals surface area contributed by atoms with Crippen molar-refractivity contribution in [2.24, 2.45) is 58.2 Å². The van der Waals surface area contributed by atoms with Gasteiger partial charge >= 0.3 is 6.09 Å². The van der Waals surface area contributed by atoms with Gasteiger partial charge in [0.2, 0.25) is 0 Å². The molecule has 0 aliphatic heterocycles. The van der Waals surface area contributed by atoms with Gasteiger partial charge in [-0.05, 0) is 116 Å². The first kappa shape index (κ1) is 29.2. The van der Waals surface area contributed by atoms with Crippen LogP contribution in [0.4, 0.5) is 4.79 Å². The van der Waals surface area contributed by atoms with Gasteiger partial charge in [-0.2, -0.15) is 0 Å². The molecule has 0 spiro atoms. The summed E-state index contributed by atoms with van der Waals surface area (Å²) in [5.74, 6) is 3.76. The van der Waals surface area contributed by atoms with Gasteiger partial charge in [-0.1, -0.05) is 54.9 Å². The molecule has 4 fully saturated rings. The van der Waals surface area contributed by atoms with Crippen molar-refractivity contribution in [3.63, 3.8) is 0 Å². The van der Waals surface area contributed by atoms with E-state index in [1.165, 1.54) is 25.7 Å². The first-order valence-corrected chi connectivity index (χ1v) is 15.7. The van der Waals surface area contributed by atoms with E-state index < -0.39 is 0 Å². The van der Waals surface area contributed by atoms with E-state index in [-0.39, 0.29) is 35.2 Å². The van der Waals surface area contributed by atoms with E-state index in [0.717, 1.165) is 38.5 Å². The number of fused-ring (bicyclic) bond motifs is 5. The quantitative estimate of drug-likeness (QED) is 0.308. The van der Waals surface area contributed by atoms with E-state index >= 15 is 0 Å². The molecule has 4 rings (SSSR count). The number of aliphatic hydroxyl groups is 2. The molecule has 214 valence electrons. The van der Waals surface area contributed by atoms with Crippen LogP contribution in [0.1, 0.15) is 113 Å². The lowest BCUT2D eigenvalue weighted by Gasteiger charge is -2.64. The third-order valence-electron chi connectivity index (χ3n) is 12.2. The monoisotopic (exact) mass is 519 g/mol. The molecule has 5 nitrogen and oxygen atoms in total.